The summed E-state index contributed by atoms with van der Waals surface area (Å²) in [6.07, 6.45) is 5.61. The molecule has 1 aliphatic carbocycles. The summed E-state index contributed by atoms with van der Waals surface area (Å²) in [6.45, 7) is 3.34. The SMILES string of the molecule is COC1(C(C)NCC(CCO)c2ccccc2)CCCC1. The molecule has 21 heavy (non-hydrogen) atoms. The summed E-state index contributed by atoms with van der Waals surface area (Å²) in [5, 5.41) is 13.0. The predicted octanol–water partition coefficient (Wildman–Crippen LogP) is 3.09. The van der Waals surface area contributed by atoms with E-state index in [2.05, 4.69) is 36.5 Å². The van der Waals surface area contributed by atoms with E-state index < -0.39 is 0 Å². The van der Waals surface area contributed by atoms with Crippen molar-refractivity contribution in [3.8, 4) is 0 Å². The Morgan fingerprint density at radius 2 is 1.90 bits per heavy atom. The van der Waals surface area contributed by atoms with E-state index in [1.54, 1.807) is 0 Å². The number of hydrogen-bond acceptors (Lipinski definition) is 3. The third-order valence-electron chi connectivity index (χ3n) is 5.06. The molecule has 0 aromatic heterocycles. The van der Waals surface area contributed by atoms with Gasteiger partial charge in [-0.1, -0.05) is 43.2 Å². The molecule has 118 valence electrons. The van der Waals surface area contributed by atoms with Gasteiger partial charge >= 0.3 is 0 Å². The van der Waals surface area contributed by atoms with E-state index in [0.29, 0.717) is 12.0 Å². The molecule has 0 saturated heterocycles. The molecule has 0 amide bonds. The van der Waals surface area contributed by atoms with Crippen LogP contribution in [0.3, 0.4) is 0 Å². The molecule has 0 aliphatic heterocycles. The molecular formula is C18H29NO2. The maximum Gasteiger partial charge on any atom is 0.0828 e. The highest BCUT2D eigenvalue weighted by molar-refractivity contribution is 5.20. The number of ether oxygens (including phenoxy) is 1. The second-order valence-electron chi connectivity index (χ2n) is 6.23. The van der Waals surface area contributed by atoms with Gasteiger partial charge in [0.15, 0.2) is 0 Å². The molecule has 0 radical (unpaired) electrons. The molecule has 0 heterocycles. The van der Waals surface area contributed by atoms with Crippen LogP contribution in [0.2, 0.25) is 0 Å². The summed E-state index contributed by atoms with van der Waals surface area (Å²) >= 11 is 0. The maximum absolute atomic E-state index is 9.32. The number of methoxy groups -OCH3 is 1. The first-order valence-corrected chi connectivity index (χ1v) is 8.16. The third-order valence-corrected chi connectivity index (χ3v) is 5.06. The Balaban J connectivity index is 1.95. The smallest absolute Gasteiger partial charge is 0.0828 e. The van der Waals surface area contributed by atoms with Crippen molar-refractivity contribution in [1.82, 2.24) is 5.32 Å². The highest BCUT2D eigenvalue weighted by Crippen LogP contribution is 2.35. The van der Waals surface area contributed by atoms with Crippen molar-refractivity contribution in [3.05, 3.63) is 35.9 Å². The lowest BCUT2D eigenvalue weighted by atomic mass is 9.91. The summed E-state index contributed by atoms with van der Waals surface area (Å²) in [7, 11) is 1.84. The van der Waals surface area contributed by atoms with Crippen molar-refractivity contribution in [1.29, 1.82) is 0 Å². The van der Waals surface area contributed by atoms with Crippen LogP contribution in [0.5, 0.6) is 0 Å². The van der Waals surface area contributed by atoms with Gasteiger partial charge in [-0.3, -0.25) is 0 Å². The van der Waals surface area contributed by atoms with Crippen molar-refractivity contribution in [2.24, 2.45) is 0 Å². The predicted molar refractivity (Wildman–Crippen MR) is 86.6 cm³/mol. The van der Waals surface area contributed by atoms with Crippen LogP contribution in [-0.2, 0) is 4.74 Å². The average molecular weight is 291 g/mol. The summed E-state index contributed by atoms with van der Waals surface area (Å²) in [5.74, 6) is 0.356. The van der Waals surface area contributed by atoms with E-state index in [0.717, 1.165) is 25.8 Å². The normalized spacial score (nSPS) is 20.3. The van der Waals surface area contributed by atoms with E-state index >= 15 is 0 Å². The fourth-order valence-corrected chi connectivity index (χ4v) is 3.56. The van der Waals surface area contributed by atoms with E-state index in [9.17, 15) is 5.11 Å². The van der Waals surface area contributed by atoms with Crippen LogP contribution in [0.4, 0.5) is 0 Å². The fraction of sp³-hybridized carbons (Fsp3) is 0.667. The zero-order chi connectivity index (χ0) is 15.1. The minimum atomic E-state index is 0.000449. The van der Waals surface area contributed by atoms with E-state index in [1.807, 2.05) is 13.2 Å². The van der Waals surface area contributed by atoms with Crippen molar-refractivity contribution < 1.29 is 9.84 Å². The first-order valence-electron chi connectivity index (χ1n) is 8.16. The standard InChI is InChI=1S/C18H29NO2/c1-15(18(21-2)11-6-7-12-18)19-14-17(10-13-20)16-8-4-3-5-9-16/h3-5,8-9,15,17,19-20H,6-7,10-14H2,1-2H3. The molecule has 2 unspecified atom stereocenters. The van der Waals surface area contributed by atoms with Gasteiger partial charge in [-0.2, -0.15) is 0 Å². The molecule has 2 rings (SSSR count). The Bertz CT molecular complexity index is 401. The second kappa shape index (κ2) is 7.92. The minimum Gasteiger partial charge on any atom is -0.396 e. The van der Waals surface area contributed by atoms with Gasteiger partial charge in [-0.05, 0) is 37.7 Å². The number of aliphatic hydroxyl groups is 1. The van der Waals surface area contributed by atoms with Gasteiger partial charge in [0.05, 0.1) is 5.60 Å². The number of nitrogens with one attached hydrogen (secondary N) is 1. The van der Waals surface area contributed by atoms with Gasteiger partial charge in [-0.25, -0.2) is 0 Å². The summed E-state index contributed by atoms with van der Waals surface area (Å²) in [6, 6.07) is 10.8. The largest absolute Gasteiger partial charge is 0.396 e. The van der Waals surface area contributed by atoms with Crippen LogP contribution in [0.1, 0.15) is 50.5 Å². The lowest BCUT2D eigenvalue weighted by Gasteiger charge is -2.35. The highest BCUT2D eigenvalue weighted by atomic mass is 16.5. The molecule has 3 heteroatoms. The van der Waals surface area contributed by atoms with Crippen LogP contribution in [0, 0.1) is 0 Å². The lowest BCUT2D eigenvalue weighted by molar-refractivity contribution is -0.0310. The first kappa shape index (κ1) is 16.5. The summed E-state index contributed by atoms with van der Waals surface area (Å²) in [5.41, 5.74) is 1.30. The molecule has 1 aliphatic rings. The van der Waals surface area contributed by atoms with Crippen molar-refractivity contribution in [3.63, 3.8) is 0 Å². The number of rotatable bonds is 8. The van der Waals surface area contributed by atoms with E-state index in [4.69, 9.17) is 4.74 Å². The molecule has 0 bridgehead atoms. The molecule has 0 spiro atoms. The molecule has 2 atom stereocenters. The number of aliphatic hydroxyl groups excluding tert-OH is 1. The van der Waals surface area contributed by atoms with Gasteiger partial charge < -0.3 is 15.2 Å². The van der Waals surface area contributed by atoms with Gasteiger partial charge in [-0.15, -0.1) is 0 Å². The Morgan fingerprint density at radius 1 is 1.24 bits per heavy atom. The van der Waals surface area contributed by atoms with Crippen molar-refractivity contribution in [2.45, 2.75) is 56.6 Å². The van der Waals surface area contributed by atoms with Gasteiger partial charge in [0, 0.05) is 26.3 Å². The monoisotopic (exact) mass is 291 g/mol. The zero-order valence-corrected chi connectivity index (χ0v) is 13.3. The Morgan fingerprint density at radius 3 is 2.48 bits per heavy atom. The molecule has 1 aromatic carbocycles. The van der Waals surface area contributed by atoms with E-state index in [-0.39, 0.29) is 12.2 Å². The minimum absolute atomic E-state index is 0.000449. The molecule has 1 saturated carbocycles. The zero-order valence-electron chi connectivity index (χ0n) is 13.3. The molecule has 1 fully saturated rings. The first-order chi connectivity index (χ1) is 10.2. The van der Waals surface area contributed by atoms with Gasteiger partial charge in [0.2, 0.25) is 0 Å². The number of benzene rings is 1. The van der Waals surface area contributed by atoms with Crippen LogP contribution in [0.15, 0.2) is 30.3 Å². The Hall–Kier alpha value is -0.900. The average Bonchev–Trinajstić information content (AvgIpc) is 3.02. The van der Waals surface area contributed by atoms with Crippen LogP contribution in [0.25, 0.3) is 0 Å². The fourth-order valence-electron chi connectivity index (χ4n) is 3.56. The maximum atomic E-state index is 9.32. The second-order valence-corrected chi connectivity index (χ2v) is 6.23. The molecule has 3 nitrogen and oxygen atoms in total. The summed E-state index contributed by atoms with van der Waals surface area (Å²) in [4.78, 5) is 0. The van der Waals surface area contributed by atoms with Gasteiger partial charge in [0.25, 0.3) is 0 Å². The molecule has 2 N–H and O–H groups in total. The van der Waals surface area contributed by atoms with Gasteiger partial charge in [0.1, 0.15) is 0 Å². The van der Waals surface area contributed by atoms with Crippen molar-refractivity contribution in [2.75, 3.05) is 20.3 Å². The van der Waals surface area contributed by atoms with Crippen molar-refractivity contribution >= 4 is 0 Å². The van der Waals surface area contributed by atoms with E-state index in [1.165, 1.54) is 18.4 Å². The van der Waals surface area contributed by atoms with Crippen LogP contribution >= 0.6 is 0 Å². The van der Waals surface area contributed by atoms with Crippen LogP contribution < -0.4 is 5.32 Å². The third kappa shape index (κ3) is 4.06. The number of hydrogen-bond donors (Lipinski definition) is 2. The molecule has 1 aromatic rings. The topological polar surface area (TPSA) is 41.5 Å². The molecular weight excluding hydrogens is 262 g/mol. The Kier molecular flexibility index (Phi) is 6.22. The summed E-state index contributed by atoms with van der Waals surface area (Å²) < 4.78 is 5.85. The highest BCUT2D eigenvalue weighted by Gasteiger charge is 2.39. The Labute approximate surface area is 128 Å². The lowest BCUT2D eigenvalue weighted by Crippen LogP contribution is -2.49. The quantitative estimate of drug-likeness (QED) is 0.773. The van der Waals surface area contributed by atoms with Crippen LogP contribution in [-0.4, -0.2) is 37.0 Å².